The lowest BCUT2D eigenvalue weighted by Gasteiger charge is -2.27. The monoisotopic (exact) mass is 326 g/mol. The maximum atomic E-state index is 12.8. The van der Waals surface area contributed by atoms with Crippen molar-refractivity contribution in [1.29, 1.82) is 0 Å². The Kier molecular flexibility index (Phi) is 3.42. The number of nitrogens with zero attached hydrogens (tertiary/aromatic N) is 1. The molecule has 0 atom stereocenters. The number of benzene rings is 2. The minimum atomic E-state index is -1.07. The smallest absolute Gasteiger partial charge is 0.335 e. The Labute approximate surface area is 148 Å². The summed E-state index contributed by atoms with van der Waals surface area (Å²) in [4.78, 5) is 30.1. The molecule has 0 spiro atoms. The van der Waals surface area contributed by atoms with Crippen LogP contribution in [0.1, 0.15) is 42.0 Å². The molecule has 4 nitrogen and oxygen atoms in total. The lowest BCUT2D eigenvalue weighted by atomic mass is 10.0. The van der Waals surface area contributed by atoms with Crippen LogP contribution in [0.25, 0.3) is 0 Å². The highest BCUT2D eigenvalue weighted by Crippen LogP contribution is 2.22. The van der Waals surface area contributed by atoms with E-state index in [1.807, 2.05) is 30.3 Å². The minimum absolute atomic E-state index is 0.0804. The van der Waals surface area contributed by atoms with E-state index in [9.17, 15) is 9.59 Å². The van der Waals surface area contributed by atoms with Crippen LogP contribution in [0.15, 0.2) is 72.3 Å². The normalized spacial score (nSPS) is 16.9. The first-order valence-electron chi connectivity index (χ1n) is 10.1. The molecule has 1 aliphatic rings. The van der Waals surface area contributed by atoms with Crippen LogP contribution in [0.5, 0.6) is 0 Å². The van der Waals surface area contributed by atoms with Crippen LogP contribution in [0.2, 0.25) is 0 Å². The molecule has 3 rings (SSSR count). The van der Waals surface area contributed by atoms with Crippen molar-refractivity contribution in [3.8, 4) is 0 Å². The highest BCUT2D eigenvalue weighted by molar-refractivity contribution is 5.91. The number of carbonyl (C=O) groups is 2. The second-order valence-electron chi connectivity index (χ2n) is 5.36. The Bertz CT molecular complexity index is 962. The van der Waals surface area contributed by atoms with Crippen LogP contribution in [-0.4, -0.2) is 16.8 Å². The van der Waals surface area contributed by atoms with Gasteiger partial charge < -0.3 is 4.84 Å². The largest absolute Gasteiger partial charge is 0.363 e. The molecule has 1 aliphatic carbocycles. The number of hydroxylamine groups is 2. The molecule has 0 saturated carbocycles. The molecule has 0 aromatic heterocycles. The van der Waals surface area contributed by atoms with Crippen molar-refractivity contribution >= 4 is 11.8 Å². The molecule has 24 heavy (non-hydrogen) atoms. The summed E-state index contributed by atoms with van der Waals surface area (Å²) in [5, 5.41) is 1.26. The second kappa shape index (κ2) is 7.59. The molecule has 4 heteroatoms. The molecule has 0 unspecified atom stereocenters. The fraction of sp³-hybridized carbons (Fsp3) is 0.200. The summed E-state index contributed by atoms with van der Waals surface area (Å²) in [5.41, 5.74) is 0.780. The van der Waals surface area contributed by atoms with Crippen molar-refractivity contribution in [3.05, 3.63) is 83.4 Å². The zero-order valence-corrected chi connectivity index (χ0v) is 13.0. The van der Waals surface area contributed by atoms with E-state index >= 15 is 0 Å². The van der Waals surface area contributed by atoms with Gasteiger partial charge in [0.2, 0.25) is 0 Å². The lowest BCUT2D eigenvalue weighted by Crippen LogP contribution is -2.28. The highest BCUT2D eigenvalue weighted by Gasteiger charge is 2.21. The Balaban J connectivity index is 1.96. The first kappa shape index (κ1) is 10.8. The summed E-state index contributed by atoms with van der Waals surface area (Å²) in [6.07, 6.45) is 2.97. The average molecular weight is 326 g/mol. The maximum Gasteiger partial charge on any atom is 0.363 e. The number of hydrogen-bond acceptors (Lipinski definition) is 4. The third kappa shape index (κ3) is 4.10. The van der Waals surface area contributed by atoms with Gasteiger partial charge in [-0.05, 0) is 30.5 Å². The van der Waals surface area contributed by atoms with E-state index in [1.54, 1.807) is 0 Å². The van der Waals surface area contributed by atoms with Crippen molar-refractivity contribution in [1.82, 2.24) is 5.06 Å². The van der Waals surface area contributed by atoms with Crippen LogP contribution in [0, 0.1) is 0 Å². The van der Waals surface area contributed by atoms with Gasteiger partial charge in [-0.3, -0.25) is 4.79 Å². The zero-order chi connectivity index (χ0) is 21.1. The highest BCUT2D eigenvalue weighted by atomic mass is 16.7. The zero-order valence-electron chi connectivity index (χ0n) is 18.0. The Morgan fingerprint density at radius 2 is 1.88 bits per heavy atom. The number of allylic oxidation sites excluding steroid dienone is 2. The maximum absolute atomic E-state index is 12.8. The van der Waals surface area contributed by atoms with E-state index < -0.39 is 41.7 Å². The van der Waals surface area contributed by atoms with Crippen LogP contribution in [0.4, 0.5) is 0 Å². The van der Waals surface area contributed by atoms with Crippen molar-refractivity contribution in [2.75, 3.05) is 0 Å². The van der Waals surface area contributed by atoms with Gasteiger partial charge in [0.15, 0.2) is 5.78 Å². The summed E-state index contributed by atoms with van der Waals surface area (Å²) in [5.74, 6) is -1.15. The minimum Gasteiger partial charge on any atom is -0.335 e. The van der Waals surface area contributed by atoms with Gasteiger partial charge >= 0.3 is 5.97 Å². The summed E-state index contributed by atoms with van der Waals surface area (Å²) in [6.45, 7) is 0.157. The first-order chi connectivity index (χ1) is 13.8. The number of ketones is 1. The predicted octanol–water partition coefficient (Wildman–Crippen LogP) is 3.90. The molecule has 0 radical (unpaired) electrons. The molecule has 0 aliphatic heterocycles. The van der Waals surface area contributed by atoms with Gasteiger partial charge in [0.1, 0.15) is 0 Å². The Morgan fingerprint density at radius 3 is 2.58 bits per heavy atom. The molecule has 2 aromatic carbocycles. The molecule has 2 aromatic rings. The third-order valence-corrected chi connectivity index (χ3v) is 3.57. The quantitative estimate of drug-likeness (QED) is 0.782. The van der Waals surface area contributed by atoms with Crippen molar-refractivity contribution in [2.45, 2.75) is 25.8 Å². The summed E-state index contributed by atoms with van der Waals surface area (Å²) < 4.78 is 39.0. The first-order valence-corrected chi connectivity index (χ1v) is 7.63. The number of rotatable bonds is 5. The molecule has 122 valence electrons. The number of hydrogen-bond donors (Lipinski definition) is 0. The van der Waals surface area contributed by atoms with E-state index in [4.69, 9.17) is 11.7 Å². The fourth-order valence-corrected chi connectivity index (χ4v) is 2.41. The van der Waals surface area contributed by atoms with E-state index in [2.05, 4.69) is 0 Å². The standard InChI is InChI=1S/C20H19NO3/c22-19-13-7-12-18(14-19)21(15-16-8-3-1-4-9-16)24-20(23)17-10-5-2-6-11-17/h1-6,8-11,14H,7,12-13,15H2/i2D,5D,6D,10D,11D. The topological polar surface area (TPSA) is 46.6 Å². The van der Waals surface area contributed by atoms with Gasteiger partial charge in [-0.25, -0.2) is 9.86 Å². The third-order valence-electron chi connectivity index (χ3n) is 3.57. The average Bonchev–Trinajstić information content (AvgIpc) is 2.71. The van der Waals surface area contributed by atoms with Crippen LogP contribution >= 0.6 is 0 Å². The van der Waals surface area contributed by atoms with Crippen molar-refractivity contribution < 1.29 is 21.3 Å². The van der Waals surface area contributed by atoms with E-state index in [1.165, 1.54) is 11.1 Å². The van der Waals surface area contributed by atoms with Crippen molar-refractivity contribution in [3.63, 3.8) is 0 Å². The van der Waals surface area contributed by atoms with Crippen LogP contribution in [-0.2, 0) is 16.2 Å². The van der Waals surface area contributed by atoms with Crippen LogP contribution in [0.3, 0.4) is 0 Å². The van der Waals surface area contributed by atoms with E-state index in [0.717, 1.165) is 5.56 Å². The fourth-order valence-electron chi connectivity index (χ4n) is 2.41. The predicted molar refractivity (Wildman–Crippen MR) is 90.8 cm³/mol. The lowest BCUT2D eigenvalue weighted by molar-refractivity contribution is -0.117. The molecule has 0 heterocycles. The summed E-state index contributed by atoms with van der Waals surface area (Å²) in [6, 6.07) is 6.08. The molecule has 0 saturated heterocycles. The number of carbonyl (C=O) groups excluding carboxylic acids is 2. The van der Waals surface area contributed by atoms with Gasteiger partial charge in [-0.15, -0.1) is 0 Å². The van der Waals surface area contributed by atoms with Gasteiger partial charge in [-0.2, -0.15) is 0 Å². The summed E-state index contributed by atoms with van der Waals surface area (Å²) in [7, 11) is 0. The molecule has 0 amide bonds. The molecule has 0 N–H and O–H groups in total. The Hall–Kier alpha value is -2.88. The van der Waals surface area contributed by atoms with Gasteiger partial charge in [0.25, 0.3) is 0 Å². The van der Waals surface area contributed by atoms with Gasteiger partial charge in [-0.1, -0.05) is 48.5 Å². The van der Waals surface area contributed by atoms with Crippen LogP contribution < -0.4 is 0 Å². The molecule has 0 fully saturated rings. The SMILES string of the molecule is [2H]c1c([2H])c([2H])c(C(=O)ON(Cc2ccccc2)C2=CC(=O)CCC2)c([2H])c1[2H]. The Morgan fingerprint density at radius 1 is 1.12 bits per heavy atom. The second-order valence-corrected chi connectivity index (χ2v) is 5.36. The van der Waals surface area contributed by atoms with E-state index in [0.29, 0.717) is 25.0 Å². The molecular weight excluding hydrogens is 302 g/mol. The molecule has 0 bridgehead atoms. The van der Waals surface area contributed by atoms with E-state index in [-0.39, 0.29) is 12.3 Å². The van der Waals surface area contributed by atoms with Gasteiger partial charge in [0.05, 0.1) is 24.7 Å². The van der Waals surface area contributed by atoms with Crippen molar-refractivity contribution in [2.24, 2.45) is 0 Å². The summed E-state index contributed by atoms with van der Waals surface area (Å²) >= 11 is 0. The van der Waals surface area contributed by atoms with Gasteiger partial charge in [0, 0.05) is 12.5 Å². The molecular formula is C20H19NO3.